The van der Waals surface area contributed by atoms with Crippen LogP contribution in [0.1, 0.15) is 207 Å². The van der Waals surface area contributed by atoms with Crippen LogP contribution < -0.4 is 19.1 Å². The normalized spacial score (nSPS) is 34.4. The number of carbonyl (C=O) groups excluding carboxylic acids is 2. The number of alkyl halides is 3. The SMILES string of the molecule is C.CC1(C)C2CC3OB(B4OC5CC6C[C@@H](C6(C)C)[C@]5(C)O4)O[C@@]3(C)[C@H]1C2.COc1c(B2OC3C[C@@H]4C[C@@H](C4(C)C)[C@]3(C)O2)ccc(C2OCCCO2)c1C(=O)OC(C)(C)C.COc1c(OS(=O)(=O)C(F)(F)F)ccc(C2OCCCO2)c1C(=O)OC(C)(C)C. The summed E-state index contributed by atoms with van der Waals surface area (Å²) in [4.78, 5) is 26.2. The van der Waals surface area contributed by atoms with Gasteiger partial charge in [0, 0.05) is 16.6 Å². The predicted octanol–water partition coefficient (Wildman–Crippen LogP) is 11.5. The van der Waals surface area contributed by atoms with Crippen LogP contribution in [0.3, 0.4) is 0 Å². The molecular weight excluding hydrogens is 1190 g/mol. The van der Waals surface area contributed by atoms with Crippen LogP contribution in [0.5, 0.6) is 17.2 Å². The van der Waals surface area contributed by atoms with Crippen molar-refractivity contribution in [2.24, 2.45) is 51.8 Å². The highest BCUT2D eigenvalue weighted by atomic mass is 32.2. The fraction of sp³-hybridized carbons (Fsp3) is 0.781. The summed E-state index contributed by atoms with van der Waals surface area (Å²) < 4.78 is 149. The summed E-state index contributed by atoms with van der Waals surface area (Å²) in [6.07, 6.45) is 7.10. The minimum atomic E-state index is -5.99. The van der Waals surface area contributed by atoms with Crippen LogP contribution in [-0.2, 0) is 66.5 Å². The first-order valence-corrected chi connectivity index (χ1v) is 33.0. The Bertz CT molecular complexity index is 3090. The molecule has 0 spiro atoms. The number of hydrogen-bond donors (Lipinski definition) is 0. The molecule has 9 saturated carbocycles. The summed E-state index contributed by atoms with van der Waals surface area (Å²) in [5, 5.41) is 0. The first-order chi connectivity index (χ1) is 41.3. The second-order valence-corrected chi connectivity index (χ2v) is 32.1. The van der Waals surface area contributed by atoms with Crippen molar-refractivity contribution in [2.45, 2.75) is 227 Å². The molecule has 5 heterocycles. The fourth-order valence-corrected chi connectivity index (χ4v) is 17.3. The van der Waals surface area contributed by atoms with Crippen LogP contribution in [0.2, 0.25) is 0 Å². The standard InChI is InChI=1S/C26H37BO7.C20H32B2O4.C17H21F3O8S.CH4/c1-24(2,3)32-22(28)20-16(23-30-11-8-12-31-23)9-10-17(21(20)29-7)27-33-19-14-15-13-18(25(15,4)5)26(19,6)34-27;1-17(2)11-7-13(17)19(5)15(9-11)23-21(25-19)22-24-16-10-12-8-14(18(12,3)4)20(16,6)26-22;1-16(2,3)27-14(21)12-10(15-25-8-5-9-26-15)6-7-11(13(12)24-4)28-29(22,23)17(18,19)20;/h9-10,15,18-19,23H,8,11-14H2,1-7H3;11-16H,7-10H2,1-6H3;6-7,15H,5,8-9H2,1-4H3;1H4/t15-,18-,19?,26-;11?,12?,13-,14-,15?,16?,19-,20-;;/m00../s1. The maximum absolute atomic E-state index is 13.4. The number of esters is 2. The topological polar surface area (TPSA) is 207 Å². The predicted molar refractivity (Wildman–Crippen MR) is 327 cm³/mol. The lowest BCUT2D eigenvalue weighted by atomic mass is 9.43. The fourth-order valence-electron chi connectivity index (χ4n) is 16.9. The Kier molecular flexibility index (Phi) is 18.4. The lowest BCUT2D eigenvalue weighted by molar-refractivity contribution is -0.200. The first-order valence-electron chi connectivity index (χ1n) is 31.6. The zero-order chi connectivity index (χ0) is 64.8. The van der Waals surface area contributed by atoms with Gasteiger partial charge in [0.25, 0.3) is 0 Å². The monoisotopic (exact) mass is 1290 g/mol. The first kappa shape index (κ1) is 69.2. The van der Waals surface area contributed by atoms with Crippen LogP contribution in [0.15, 0.2) is 24.3 Å². The Morgan fingerprint density at radius 3 is 1.27 bits per heavy atom. The molecule has 0 radical (unpaired) electrons. The van der Waals surface area contributed by atoms with Crippen LogP contribution in [0, 0.1) is 51.8 Å². The third-order valence-electron chi connectivity index (χ3n) is 22.0. The van der Waals surface area contributed by atoms with Gasteiger partial charge < -0.3 is 70.0 Å². The summed E-state index contributed by atoms with van der Waals surface area (Å²) in [5.74, 6) is 1.34. The van der Waals surface area contributed by atoms with Crippen LogP contribution in [0.25, 0.3) is 0 Å². The van der Waals surface area contributed by atoms with Crippen molar-refractivity contribution >= 4 is 48.7 Å². The number of carbonyl (C=O) groups is 2. The van der Waals surface area contributed by atoms with Crippen LogP contribution >= 0.6 is 0 Å². The molecule has 9 aliphatic carbocycles. The maximum Gasteiger partial charge on any atom is 0.534 e. The van der Waals surface area contributed by atoms with Crippen molar-refractivity contribution < 1.29 is 101 Å². The zero-order valence-electron chi connectivity index (χ0n) is 54.7. The molecule has 5 saturated heterocycles. The smallest absolute Gasteiger partial charge is 0.496 e. The van der Waals surface area contributed by atoms with E-state index in [1.54, 1.807) is 27.9 Å². The molecule has 6 bridgehead atoms. The number of ether oxygens (including phenoxy) is 8. The van der Waals surface area contributed by atoms with E-state index in [1.165, 1.54) is 25.3 Å². The minimum Gasteiger partial charge on any atom is -0.496 e. The van der Waals surface area contributed by atoms with Crippen molar-refractivity contribution in [3.05, 3.63) is 46.5 Å². The van der Waals surface area contributed by atoms with E-state index in [2.05, 4.69) is 66.5 Å². The third-order valence-corrected chi connectivity index (χ3v) is 23.0. The van der Waals surface area contributed by atoms with E-state index in [9.17, 15) is 31.2 Å². The van der Waals surface area contributed by atoms with Crippen molar-refractivity contribution in [3.8, 4) is 17.2 Å². The van der Waals surface area contributed by atoms with E-state index in [4.69, 9.17) is 65.8 Å². The van der Waals surface area contributed by atoms with E-state index in [0.717, 1.165) is 50.7 Å². The maximum atomic E-state index is 13.4. The second kappa shape index (κ2) is 23.9. The van der Waals surface area contributed by atoms with Gasteiger partial charge in [0.2, 0.25) is 0 Å². The molecule has 5 unspecified atom stereocenters. The highest BCUT2D eigenvalue weighted by Gasteiger charge is 2.74. The van der Waals surface area contributed by atoms with E-state index < -0.39 is 70.0 Å². The highest BCUT2D eigenvalue weighted by Crippen LogP contribution is 2.69. The van der Waals surface area contributed by atoms with Gasteiger partial charge in [0.15, 0.2) is 24.1 Å². The van der Waals surface area contributed by atoms with Gasteiger partial charge in [-0.1, -0.05) is 61.1 Å². The van der Waals surface area contributed by atoms with Gasteiger partial charge in [-0.2, -0.15) is 21.6 Å². The van der Waals surface area contributed by atoms with Gasteiger partial charge in [-0.05, 0) is 178 Å². The summed E-state index contributed by atoms with van der Waals surface area (Å²) in [6.45, 7) is 33.0. The number of methoxy groups -OCH3 is 2. The quantitative estimate of drug-likeness (QED) is 0.0938. The largest absolute Gasteiger partial charge is 0.534 e. The summed E-state index contributed by atoms with van der Waals surface area (Å²) in [6, 6.07) is 5.85. The van der Waals surface area contributed by atoms with Crippen molar-refractivity contribution in [1.82, 2.24) is 0 Å². The van der Waals surface area contributed by atoms with Crippen LogP contribution in [0.4, 0.5) is 13.2 Å². The van der Waals surface area contributed by atoms with Gasteiger partial charge in [-0.25, -0.2) is 9.59 Å². The van der Waals surface area contributed by atoms with Crippen LogP contribution in [-0.4, -0.2) is 134 Å². The molecule has 0 N–H and O–H groups in total. The summed E-state index contributed by atoms with van der Waals surface area (Å²) in [5.41, 5.74) is -5.72. The summed E-state index contributed by atoms with van der Waals surface area (Å²) in [7, 11) is -4.76. The molecule has 19 nitrogen and oxygen atoms in total. The Morgan fingerprint density at radius 2 is 0.900 bits per heavy atom. The number of benzene rings is 2. The van der Waals surface area contributed by atoms with Crippen molar-refractivity contribution in [3.63, 3.8) is 0 Å². The lowest BCUT2D eigenvalue weighted by Gasteiger charge is -2.64. The summed E-state index contributed by atoms with van der Waals surface area (Å²) >= 11 is 0. The Hall–Kier alpha value is -3.69. The number of hydrogen-bond acceptors (Lipinski definition) is 19. The zero-order valence-corrected chi connectivity index (χ0v) is 55.5. The molecule has 500 valence electrons. The molecule has 26 heteroatoms. The molecule has 0 aromatic heterocycles. The van der Waals surface area contributed by atoms with E-state index in [1.807, 2.05) is 32.9 Å². The second-order valence-electron chi connectivity index (χ2n) is 30.5. The molecule has 5 aliphatic heterocycles. The van der Waals surface area contributed by atoms with E-state index in [0.29, 0.717) is 89.7 Å². The lowest BCUT2D eigenvalue weighted by Crippen LogP contribution is -2.65. The number of rotatable bonds is 10. The Labute approximate surface area is 530 Å². The molecule has 0 amide bonds. The van der Waals surface area contributed by atoms with Crippen molar-refractivity contribution in [1.29, 1.82) is 0 Å². The molecule has 2 aromatic carbocycles. The van der Waals surface area contributed by atoms with Gasteiger partial charge in [-0.3, -0.25) is 0 Å². The molecule has 14 fully saturated rings. The van der Waals surface area contributed by atoms with Gasteiger partial charge in [0.05, 0.1) is 75.8 Å². The molecule has 2 aromatic rings. The molecule has 16 rings (SSSR count). The van der Waals surface area contributed by atoms with E-state index in [-0.39, 0.29) is 73.1 Å². The average molecular weight is 1290 g/mol. The Morgan fingerprint density at radius 1 is 0.533 bits per heavy atom. The van der Waals surface area contributed by atoms with E-state index >= 15 is 0 Å². The average Bonchev–Trinajstić information content (AvgIpc) is 1.41. The van der Waals surface area contributed by atoms with Gasteiger partial charge in [-0.15, -0.1) is 0 Å². The number of halogens is 3. The molecule has 14 aliphatic rings. The van der Waals surface area contributed by atoms with Gasteiger partial charge in [0.1, 0.15) is 28.1 Å². The van der Waals surface area contributed by atoms with Gasteiger partial charge >= 0.3 is 48.7 Å². The minimum absolute atomic E-state index is 0. The molecule has 90 heavy (non-hydrogen) atoms. The molecular formula is C64H94B3F3O19S. The van der Waals surface area contributed by atoms with Crippen molar-refractivity contribution in [2.75, 3.05) is 40.6 Å². The third kappa shape index (κ3) is 11.9. The Balaban J connectivity index is 0.000000149. The highest BCUT2D eigenvalue weighted by molar-refractivity contribution is 7.88. The molecule has 12 atom stereocenters.